The highest BCUT2D eigenvalue weighted by Gasteiger charge is 2.37. The molecule has 1 amide bonds. The first-order valence-corrected chi connectivity index (χ1v) is 9.35. The van der Waals surface area contributed by atoms with Crippen molar-refractivity contribution in [3.05, 3.63) is 35.2 Å². The minimum Gasteiger partial charge on any atom is -0.488 e. The topological polar surface area (TPSA) is 88.1 Å². The molecule has 3 aromatic rings. The molecule has 0 radical (unpaired) electrons. The highest BCUT2D eigenvalue weighted by atomic mass is 32.1. The average Bonchev–Trinajstić information content (AvgIpc) is 3.35. The summed E-state index contributed by atoms with van der Waals surface area (Å²) in [6, 6.07) is 0.119. The third kappa shape index (κ3) is 2.38. The van der Waals surface area contributed by atoms with Crippen molar-refractivity contribution in [1.82, 2.24) is 25.3 Å². The van der Waals surface area contributed by atoms with Crippen molar-refractivity contribution in [3.63, 3.8) is 0 Å². The number of anilines is 1. The molecule has 1 atom stereocenters. The van der Waals surface area contributed by atoms with Gasteiger partial charge in [-0.3, -0.25) is 14.6 Å². The van der Waals surface area contributed by atoms with E-state index in [4.69, 9.17) is 4.74 Å². The standard InChI is InChI=1S/C17H18N6O2S/c1-10-4-21-22(8-10)9-12-7-18-17(24)16-13-14(25-3-2-23(12)13)15(26-16)11-5-19-20-6-11/h4-6,8,12H,2-3,7,9H2,1H3,(H,18,24)(H,19,20)/t12-/m0/s1. The van der Waals surface area contributed by atoms with E-state index in [9.17, 15) is 4.79 Å². The number of aromatic nitrogens is 4. The zero-order valence-corrected chi connectivity index (χ0v) is 15.0. The van der Waals surface area contributed by atoms with Crippen molar-refractivity contribution in [2.24, 2.45) is 0 Å². The molecule has 0 saturated heterocycles. The van der Waals surface area contributed by atoms with E-state index in [0.717, 1.165) is 34.0 Å². The Morgan fingerprint density at radius 1 is 1.38 bits per heavy atom. The number of nitrogens with zero attached hydrogens (tertiary/aromatic N) is 4. The van der Waals surface area contributed by atoms with Crippen LogP contribution < -0.4 is 15.0 Å². The summed E-state index contributed by atoms with van der Waals surface area (Å²) < 4.78 is 7.94. The largest absolute Gasteiger partial charge is 0.488 e. The van der Waals surface area contributed by atoms with Crippen LogP contribution in [0.4, 0.5) is 5.69 Å². The van der Waals surface area contributed by atoms with Crippen LogP contribution in [-0.2, 0) is 6.54 Å². The zero-order chi connectivity index (χ0) is 17.7. The average molecular weight is 370 g/mol. The van der Waals surface area contributed by atoms with Crippen molar-refractivity contribution < 1.29 is 9.53 Å². The summed E-state index contributed by atoms with van der Waals surface area (Å²) in [4.78, 5) is 16.6. The van der Waals surface area contributed by atoms with Gasteiger partial charge in [0.2, 0.25) is 0 Å². The van der Waals surface area contributed by atoms with Gasteiger partial charge in [-0.15, -0.1) is 11.3 Å². The van der Waals surface area contributed by atoms with Gasteiger partial charge >= 0.3 is 0 Å². The van der Waals surface area contributed by atoms with Gasteiger partial charge in [0, 0.05) is 24.5 Å². The van der Waals surface area contributed by atoms with Gasteiger partial charge in [0.15, 0.2) is 5.75 Å². The van der Waals surface area contributed by atoms with E-state index in [2.05, 4.69) is 25.5 Å². The molecule has 134 valence electrons. The molecule has 5 heterocycles. The lowest BCUT2D eigenvalue weighted by Gasteiger charge is -2.35. The highest BCUT2D eigenvalue weighted by Crippen LogP contribution is 2.50. The first-order chi connectivity index (χ1) is 12.7. The molecule has 9 heteroatoms. The summed E-state index contributed by atoms with van der Waals surface area (Å²) in [5.41, 5.74) is 2.97. The van der Waals surface area contributed by atoms with Crippen LogP contribution in [0.2, 0.25) is 0 Å². The van der Waals surface area contributed by atoms with E-state index < -0.39 is 0 Å². The minimum absolute atomic E-state index is 0.0457. The monoisotopic (exact) mass is 370 g/mol. The molecular weight excluding hydrogens is 352 g/mol. The molecule has 2 aliphatic heterocycles. The molecule has 0 spiro atoms. The molecule has 5 rings (SSSR count). The molecule has 0 bridgehead atoms. The van der Waals surface area contributed by atoms with E-state index >= 15 is 0 Å². The van der Waals surface area contributed by atoms with Crippen LogP contribution in [-0.4, -0.2) is 51.6 Å². The molecule has 2 aliphatic rings. The van der Waals surface area contributed by atoms with Crippen LogP contribution in [0.15, 0.2) is 24.8 Å². The number of carbonyl (C=O) groups is 1. The van der Waals surface area contributed by atoms with Gasteiger partial charge in [0.05, 0.1) is 36.4 Å². The van der Waals surface area contributed by atoms with E-state index in [1.54, 1.807) is 6.20 Å². The quantitative estimate of drug-likeness (QED) is 0.732. The summed E-state index contributed by atoms with van der Waals surface area (Å²) in [5.74, 6) is 0.743. The Kier molecular flexibility index (Phi) is 3.49. The minimum atomic E-state index is -0.0457. The van der Waals surface area contributed by atoms with E-state index in [1.807, 2.05) is 30.2 Å². The Morgan fingerprint density at radius 2 is 2.31 bits per heavy atom. The Morgan fingerprint density at radius 3 is 3.08 bits per heavy atom. The second-order valence-corrected chi connectivity index (χ2v) is 7.59. The smallest absolute Gasteiger partial charge is 0.263 e. The summed E-state index contributed by atoms with van der Waals surface area (Å²) >= 11 is 1.46. The summed E-state index contributed by atoms with van der Waals surface area (Å²) in [6.45, 7) is 4.67. The molecule has 0 aliphatic carbocycles. The predicted octanol–water partition coefficient (Wildman–Crippen LogP) is 1.65. The number of hydrogen-bond acceptors (Lipinski definition) is 6. The van der Waals surface area contributed by atoms with Gasteiger partial charge in [-0.25, -0.2) is 0 Å². The maximum atomic E-state index is 12.7. The first-order valence-electron chi connectivity index (χ1n) is 8.53. The maximum Gasteiger partial charge on any atom is 0.263 e. The molecule has 2 N–H and O–H groups in total. The van der Waals surface area contributed by atoms with Crippen molar-refractivity contribution in [2.75, 3.05) is 24.6 Å². The van der Waals surface area contributed by atoms with Crippen molar-refractivity contribution in [2.45, 2.75) is 19.5 Å². The van der Waals surface area contributed by atoms with E-state index in [1.165, 1.54) is 11.3 Å². The Hall–Kier alpha value is -2.81. The lowest BCUT2D eigenvalue weighted by Crippen LogP contribution is -2.47. The van der Waals surface area contributed by atoms with Gasteiger partial charge in [0.1, 0.15) is 17.2 Å². The van der Waals surface area contributed by atoms with Gasteiger partial charge in [0.25, 0.3) is 5.91 Å². The fraction of sp³-hybridized carbons (Fsp3) is 0.353. The Bertz CT molecular complexity index is 960. The second kappa shape index (κ2) is 5.87. The van der Waals surface area contributed by atoms with Crippen LogP contribution >= 0.6 is 11.3 Å². The predicted molar refractivity (Wildman–Crippen MR) is 97.8 cm³/mol. The molecule has 8 nitrogen and oxygen atoms in total. The van der Waals surface area contributed by atoms with Crippen LogP contribution in [0.25, 0.3) is 10.4 Å². The van der Waals surface area contributed by atoms with E-state index in [-0.39, 0.29) is 11.9 Å². The number of amides is 1. The fourth-order valence-corrected chi connectivity index (χ4v) is 4.74. The van der Waals surface area contributed by atoms with Crippen LogP contribution in [0.1, 0.15) is 15.2 Å². The third-order valence-corrected chi connectivity index (χ3v) is 5.98. The number of thiophene rings is 1. The number of aryl methyl sites for hydroxylation is 1. The van der Waals surface area contributed by atoms with Crippen molar-refractivity contribution in [3.8, 4) is 16.2 Å². The zero-order valence-electron chi connectivity index (χ0n) is 14.2. The van der Waals surface area contributed by atoms with Gasteiger partial charge < -0.3 is 15.0 Å². The van der Waals surface area contributed by atoms with Gasteiger partial charge in [-0.05, 0) is 12.5 Å². The van der Waals surface area contributed by atoms with E-state index in [0.29, 0.717) is 24.6 Å². The lowest BCUT2D eigenvalue weighted by atomic mass is 10.1. The molecule has 26 heavy (non-hydrogen) atoms. The number of rotatable bonds is 3. The number of nitrogens with one attached hydrogen (secondary N) is 2. The SMILES string of the molecule is Cc1cnn(C[C@@H]2CNC(=O)c3sc(-c4cn[nH]c4)c4c3N2CCO4)c1. The number of aromatic amines is 1. The number of ether oxygens (including phenoxy) is 1. The molecule has 0 aromatic carbocycles. The summed E-state index contributed by atoms with van der Waals surface area (Å²) in [5, 5.41) is 14.3. The number of hydrogen-bond donors (Lipinski definition) is 2. The summed E-state index contributed by atoms with van der Waals surface area (Å²) in [6.07, 6.45) is 7.46. The Balaban J connectivity index is 1.58. The van der Waals surface area contributed by atoms with Crippen LogP contribution in [0, 0.1) is 6.92 Å². The van der Waals surface area contributed by atoms with Gasteiger partial charge in [-0.2, -0.15) is 10.2 Å². The van der Waals surface area contributed by atoms with Gasteiger partial charge in [-0.1, -0.05) is 0 Å². The Labute approximate surface area is 153 Å². The van der Waals surface area contributed by atoms with Crippen molar-refractivity contribution in [1.29, 1.82) is 0 Å². The molecular formula is C17H18N6O2S. The molecule has 0 saturated carbocycles. The van der Waals surface area contributed by atoms with Crippen molar-refractivity contribution >= 4 is 22.9 Å². The van der Waals surface area contributed by atoms with Crippen LogP contribution in [0.3, 0.4) is 0 Å². The molecule has 3 aromatic heterocycles. The third-order valence-electron chi connectivity index (χ3n) is 4.77. The molecule has 0 fully saturated rings. The second-order valence-electron chi connectivity index (χ2n) is 6.57. The first kappa shape index (κ1) is 15.4. The number of carbonyl (C=O) groups excluding carboxylic acids is 1. The molecule has 0 unspecified atom stereocenters. The fourth-order valence-electron chi connectivity index (χ4n) is 3.59. The number of H-pyrrole nitrogens is 1. The maximum absolute atomic E-state index is 12.7. The highest BCUT2D eigenvalue weighted by molar-refractivity contribution is 7.18. The lowest BCUT2D eigenvalue weighted by molar-refractivity contribution is 0.0958. The normalized spacial score (nSPS) is 18.9. The summed E-state index contributed by atoms with van der Waals surface area (Å²) in [7, 11) is 0. The van der Waals surface area contributed by atoms with Crippen LogP contribution in [0.5, 0.6) is 5.75 Å².